The Morgan fingerprint density at radius 3 is 2.19 bits per heavy atom. The number of nitrogens with zero attached hydrogens (tertiary/aromatic N) is 1. The number of benzene rings is 3. The van der Waals surface area contributed by atoms with E-state index in [0.717, 1.165) is 12.0 Å². The smallest absolute Gasteiger partial charge is 0.343 e. The molecule has 0 saturated carbocycles. The van der Waals surface area contributed by atoms with E-state index in [-0.39, 0.29) is 4.90 Å². The molecule has 0 heterocycles. The fraction of sp³-hybridized carbons (Fsp3) is 0.192. The van der Waals surface area contributed by atoms with E-state index in [1.165, 1.54) is 18.3 Å². The van der Waals surface area contributed by atoms with Gasteiger partial charge in [-0.25, -0.2) is 23.4 Å². The van der Waals surface area contributed by atoms with Crippen LogP contribution in [0.5, 0.6) is 11.5 Å². The van der Waals surface area contributed by atoms with Crippen LogP contribution in [0.2, 0.25) is 0 Å². The Kier molecular flexibility index (Phi) is 9.32. The minimum absolute atomic E-state index is 0.0724. The molecule has 0 bridgehead atoms. The second kappa shape index (κ2) is 12.6. The highest BCUT2D eigenvalue weighted by molar-refractivity contribution is 7.89. The first-order chi connectivity index (χ1) is 17.3. The van der Waals surface area contributed by atoms with E-state index >= 15 is 0 Å². The van der Waals surface area contributed by atoms with Crippen molar-refractivity contribution in [3.8, 4) is 11.5 Å². The van der Waals surface area contributed by atoms with Crippen molar-refractivity contribution in [3.63, 3.8) is 0 Å². The van der Waals surface area contributed by atoms with Crippen LogP contribution in [0.15, 0.2) is 82.8 Å². The molecule has 0 aliphatic heterocycles. The number of ether oxygens (including phenoxy) is 2. The fourth-order valence-corrected chi connectivity index (χ4v) is 3.86. The highest BCUT2D eigenvalue weighted by atomic mass is 32.2. The number of hydrazone groups is 1. The molecule has 188 valence electrons. The molecule has 3 aromatic carbocycles. The summed E-state index contributed by atoms with van der Waals surface area (Å²) >= 11 is 0. The summed E-state index contributed by atoms with van der Waals surface area (Å²) in [6, 6.07) is 19.5. The predicted molar refractivity (Wildman–Crippen MR) is 136 cm³/mol. The van der Waals surface area contributed by atoms with Crippen molar-refractivity contribution in [2.75, 3.05) is 13.2 Å². The Labute approximate surface area is 210 Å². The average Bonchev–Trinajstić information content (AvgIpc) is 2.88. The van der Waals surface area contributed by atoms with Crippen LogP contribution < -0.4 is 19.6 Å². The fourth-order valence-electron chi connectivity index (χ4n) is 2.87. The van der Waals surface area contributed by atoms with Crippen LogP contribution in [0.1, 0.15) is 34.8 Å². The molecule has 0 spiro atoms. The van der Waals surface area contributed by atoms with Crippen molar-refractivity contribution in [1.82, 2.24) is 10.1 Å². The number of nitrogens with one attached hydrogen (secondary N) is 2. The number of hydrogen-bond donors (Lipinski definition) is 2. The standard InChI is InChI=1S/C26H27N3O6S/c1-3-16-34-22-12-8-21(9-13-22)26(31)35-23-10-6-20(7-11-23)17-27-29-25(30)18-28-36(32,33)24-14-4-19(2)5-15-24/h4-15,17,28H,3,16,18H2,1-2H3,(H,29,30)/b27-17+. The summed E-state index contributed by atoms with van der Waals surface area (Å²) in [7, 11) is -3.80. The van der Waals surface area contributed by atoms with Gasteiger partial charge >= 0.3 is 5.97 Å². The molecule has 0 fully saturated rings. The van der Waals surface area contributed by atoms with Gasteiger partial charge < -0.3 is 9.47 Å². The summed E-state index contributed by atoms with van der Waals surface area (Å²) in [5.74, 6) is -0.0942. The molecule has 0 atom stereocenters. The first-order valence-corrected chi connectivity index (χ1v) is 12.7. The first kappa shape index (κ1) is 26.6. The van der Waals surface area contributed by atoms with Crippen molar-refractivity contribution in [3.05, 3.63) is 89.5 Å². The van der Waals surface area contributed by atoms with Crippen molar-refractivity contribution in [1.29, 1.82) is 0 Å². The van der Waals surface area contributed by atoms with E-state index in [4.69, 9.17) is 9.47 Å². The molecule has 0 aliphatic rings. The number of aryl methyl sites for hydroxylation is 1. The van der Waals surface area contributed by atoms with E-state index in [0.29, 0.717) is 29.2 Å². The van der Waals surface area contributed by atoms with Gasteiger partial charge in [0.1, 0.15) is 11.5 Å². The normalized spacial score (nSPS) is 11.3. The van der Waals surface area contributed by atoms with E-state index in [9.17, 15) is 18.0 Å². The third kappa shape index (κ3) is 8.03. The predicted octanol–water partition coefficient (Wildman–Crippen LogP) is 3.43. The largest absolute Gasteiger partial charge is 0.494 e. The molecule has 3 rings (SSSR count). The third-order valence-electron chi connectivity index (χ3n) is 4.81. The maximum Gasteiger partial charge on any atom is 0.343 e. The summed E-state index contributed by atoms with van der Waals surface area (Å²) in [6.07, 6.45) is 2.28. The second-order valence-electron chi connectivity index (χ2n) is 7.76. The summed E-state index contributed by atoms with van der Waals surface area (Å²) in [4.78, 5) is 24.3. The Morgan fingerprint density at radius 1 is 0.917 bits per heavy atom. The van der Waals surface area contributed by atoms with Crippen LogP contribution in [0, 0.1) is 6.92 Å². The molecule has 0 aromatic heterocycles. The minimum atomic E-state index is -3.80. The van der Waals surface area contributed by atoms with Crippen LogP contribution in [0.3, 0.4) is 0 Å². The molecule has 0 saturated heterocycles. The number of sulfonamides is 1. The van der Waals surface area contributed by atoms with E-state index in [2.05, 4.69) is 15.2 Å². The van der Waals surface area contributed by atoms with Crippen LogP contribution >= 0.6 is 0 Å². The highest BCUT2D eigenvalue weighted by Gasteiger charge is 2.15. The minimum Gasteiger partial charge on any atom is -0.494 e. The zero-order chi connectivity index (χ0) is 26.0. The van der Waals surface area contributed by atoms with Crippen molar-refractivity contribution >= 4 is 28.1 Å². The maximum absolute atomic E-state index is 12.3. The number of esters is 1. The molecule has 0 radical (unpaired) electrons. The SMILES string of the molecule is CCCOc1ccc(C(=O)Oc2ccc(/C=N/NC(=O)CNS(=O)(=O)c3ccc(C)cc3)cc2)cc1. The summed E-state index contributed by atoms with van der Waals surface area (Å²) in [6.45, 7) is 4.00. The topological polar surface area (TPSA) is 123 Å². The van der Waals surface area contributed by atoms with Gasteiger partial charge in [-0.1, -0.05) is 24.6 Å². The van der Waals surface area contributed by atoms with Gasteiger partial charge in [-0.15, -0.1) is 0 Å². The van der Waals surface area contributed by atoms with E-state index in [1.807, 2.05) is 13.8 Å². The lowest BCUT2D eigenvalue weighted by atomic mass is 10.2. The summed E-state index contributed by atoms with van der Waals surface area (Å²) < 4.78 is 37.5. The van der Waals surface area contributed by atoms with Crippen LogP contribution in [0.4, 0.5) is 0 Å². The van der Waals surface area contributed by atoms with Crippen molar-refractivity contribution in [2.24, 2.45) is 5.10 Å². The highest BCUT2D eigenvalue weighted by Crippen LogP contribution is 2.16. The van der Waals surface area contributed by atoms with Gasteiger partial charge in [0.25, 0.3) is 5.91 Å². The Balaban J connectivity index is 1.46. The van der Waals surface area contributed by atoms with Gasteiger partial charge in [0, 0.05) is 0 Å². The molecule has 10 heteroatoms. The molecule has 9 nitrogen and oxygen atoms in total. The number of amides is 1. The van der Waals surface area contributed by atoms with Crippen molar-refractivity contribution in [2.45, 2.75) is 25.2 Å². The molecular weight excluding hydrogens is 482 g/mol. The third-order valence-corrected chi connectivity index (χ3v) is 6.23. The molecule has 1 amide bonds. The van der Waals surface area contributed by atoms with Crippen LogP contribution in [0.25, 0.3) is 0 Å². The summed E-state index contributed by atoms with van der Waals surface area (Å²) in [5, 5.41) is 3.82. The zero-order valence-electron chi connectivity index (χ0n) is 19.9. The van der Waals surface area contributed by atoms with Crippen LogP contribution in [-0.4, -0.2) is 39.7 Å². The zero-order valence-corrected chi connectivity index (χ0v) is 20.7. The Bertz CT molecular complexity index is 1300. The average molecular weight is 510 g/mol. The van der Waals surface area contributed by atoms with Gasteiger partial charge in [0.2, 0.25) is 10.0 Å². The van der Waals surface area contributed by atoms with E-state index < -0.39 is 28.4 Å². The second-order valence-corrected chi connectivity index (χ2v) is 9.53. The maximum atomic E-state index is 12.3. The van der Waals surface area contributed by atoms with Gasteiger partial charge in [0.15, 0.2) is 0 Å². The number of rotatable bonds is 11. The van der Waals surface area contributed by atoms with Crippen LogP contribution in [-0.2, 0) is 14.8 Å². The first-order valence-electron chi connectivity index (χ1n) is 11.2. The lowest BCUT2D eigenvalue weighted by Crippen LogP contribution is -2.34. The number of hydrogen-bond acceptors (Lipinski definition) is 7. The molecule has 0 unspecified atom stereocenters. The monoisotopic (exact) mass is 509 g/mol. The molecule has 2 N–H and O–H groups in total. The van der Waals surface area contributed by atoms with Gasteiger partial charge in [-0.05, 0) is 79.6 Å². The molecular formula is C26H27N3O6S. The van der Waals surface area contributed by atoms with Gasteiger partial charge in [-0.2, -0.15) is 5.10 Å². The number of carbonyl (C=O) groups is 2. The number of carbonyl (C=O) groups excluding carboxylic acids is 2. The lowest BCUT2D eigenvalue weighted by molar-refractivity contribution is -0.119. The molecule has 0 aliphatic carbocycles. The quantitative estimate of drug-likeness (QED) is 0.177. The summed E-state index contributed by atoms with van der Waals surface area (Å²) in [5.41, 5.74) is 4.21. The molecule has 36 heavy (non-hydrogen) atoms. The van der Waals surface area contributed by atoms with E-state index in [1.54, 1.807) is 60.7 Å². The van der Waals surface area contributed by atoms with Gasteiger partial charge in [-0.3, -0.25) is 4.79 Å². The molecule has 3 aromatic rings. The lowest BCUT2D eigenvalue weighted by Gasteiger charge is -2.07. The van der Waals surface area contributed by atoms with Crippen molar-refractivity contribution < 1.29 is 27.5 Å². The Morgan fingerprint density at radius 2 is 1.56 bits per heavy atom. The Hall–Kier alpha value is -4.02. The van der Waals surface area contributed by atoms with Gasteiger partial charge in [0.05, 0.1) is 29.8 Å².